The van der Waals surface area contributed by atoms with Crippen LogP contribution in [0.3, 0.4) is 0 Å². The lowest BCUT2D eigenvalue weighted by molar-refractivity contribution is -0.116. The van der Waals surface area contributed by atoms with Crippen molar-refractivity contribution in [3.05, 3.63) is 84.1 Å². The molecule has 5 nitrogen and oxygen atoms in total. The van der Waals surface area contributed by atoms with Crippen LogP contribution in [0.25, 0.3) is 17.3 Å². The molecule has 1 saturated heterocycles. The normalized spacial score (nSPS) is 16.3. The van der Waals surface area contributed by atoms with Gasteiger partial charge in [-0.1, -0.05) is 60.7 Å². The average Bonchev–Trinajstić information content (AvgIpc) is 3.42. The predicted octanol–water partition coefficient (Wildman–Crippen LogP) is 3.91. The Morgan fingerprint density at radius 2 is 1.90 bits per heavy atom. The molecule has 148 valence electrons. The van der Waals surface area contributed by atoms with E-state index in [1.54, 1.807) is 6.08 Å². The number of carbonyl (C=O) groups is 1. The minimum atomic E-state index is -0.115. The maximum Gasteiger partial charge on any atom is 0.244 e. The number of nitrogens with one attached hydrogen (secondary N) is 1. The summed E-state index contributed by atoms with van der Waals surface area (Å²) in [4.78, 5) is 12.2. The van der Waals surface area contributed by atoms with Crippen LogP contribution in [0.15, 0.2) is 72.9 Å². The molecule has 1 aliphatic rings. The number of aromatic nitrogens is 2. The summed E-state index contributed by atoms with van der Waals surface area (Å²) in [7, 11) is 0. The third-order valence-electron chi connectivity index (χ3n) is 4.97. The summed E-state index contributed by atoms with van der Waals surface area (Å²) >= 11 is 0. The van der Waals surface area contributed by atoms with Crippen LogP contribution < -0.4 is 5.32 Å². The fourth-order valence-corrected chi connectivity index (χ4v) is 3.47. The van der Waals surface area contributed by atoms with E-state index in [-0.39, 0.29) is 12.0 Å². The third-order valence-corrected chi connectivity index (χ3v) is 4.97. The Hall–Kier alpha value is -3.18. The van der Waals surface area contributed by atoms with Gasteiger partial charge < -0.3 is 10.1 Å². The second kappa shape index (κ2) is 9.34. The molecular weight excluding hydrogens is 362 g/mol. The summed E-state index contributed by atoms with van der Waals surface area (Å²) in [5.74, 6) is -0.115. The zero-order valence-corrected chi connectivity index (χ0v) is 16.3. The van der Waals surface area contributed by atoms with Crippen molar-refractivity contribution in [3.63, 3.8) is 0 Å². The first-order valence-corrected chi connectivity index (χ1v) is 10.0. The van der Waals surface area contributed by atoms with E-state index in [0.29, 0.717) is 13.1 Å². The first-order chi connectivity index (χ1) is 14.3. The molecule has 1 amide bonds. The quantitative estimate of drug-likeness (QED) is 0.626. The largest absolute Gasteiger partial charge is 0.376 e. The Morgan fingerprint density at radius 3 is 2.62 bits per heavy atom. The van der Waals surface area contributed by atoms with Gasteiger partial charge in [-0.3, -0.25) is 9.48 Å². The van der Waals surface area contributed by atoms with Gasteiger partial charge in [-0.15, -0.1) is 0 Å². The molecule has 1 aliphatic heterocycles. The Morgan fingerprint density at radius 1 is 1.14 bits per heavy atom. The van der Waals surface area contributed by atoms with E-state index in [4.69, 9.17) is 9.84 Å². The lowest BCUT2D eigenvalue weighted by Gasteiger charge is -2.08. The van der Waals surface area contributed by atoms with Crippen molar-refractivity contribution in [2.24, 2.45) is 0 Å². The van der Waals surface area contributed by atoms with Crippen molar-refractivity contribution in [2.45, 2.75) is 25.5 Å². The number of benzene rings is 2. The summed E-state index contributed by atoms with van der Waals surface area (Å²) in [6.07, 6.45) is 7.61. The van der Waals surface area contributed by atoms with E-state index in [0.717, 1.165) is 36.3 Å². The summed E-state index contributed by atoms with van der Waals surface area (Å²) in [5.41, 5.74) is 3.99. The summed E-state index contributed by atoms with van der Waals surface area (Å²) < 4.78 is 7.47. The van der Waals surface area contributed by atoms with Crippen LogP contribution in [0.2, 0.25) is 0 Å². The van der Waals surface area contributed by atoms with Crippen LogP contribution in [-0.4, -0.2) is 34.9 Å². The second-order valence-corrected chi connectivity index (χ2v) is 7.20. The Kier molecular flexibility index (Phi) is 6.17. The fourth-order valence-electron chi connectivity index (χ4n) is 3.47. The number of amides is 1. The first kappa shape index (κ1) is 19.2. The van der Waals surface area contributed by atoms with Gasteiger partial charge in [0.25, 0.3) is 0 Å². The van der Waals surface area contributed by atoms with E-state index in [2.05, 4.69) is 17.4 Å². The van der Waals surface area contributed by atoms with Crippen molar-refractivity contribution >= 4 is 12.0 Å². The number of ether oxygens (including phenoxy) is 1. The van der Waals surface area contributed by atoms with Gasteiger partial charge in [0.2, 0.25) is 5.91 Å². The molecule has 5 heteroatoms. The highest BCUT2D eigenvalue weighted by atomic mass is 16.5. The highest BCUT2D eigenvalue weighted by Gasteiger charge is 2.15. The molecule has 1 unspecified atom stereocenters. The SMILES string of the molecule is O=C(/C=C/c1cn(Cc2ccccc2)nc1-c1ccccc1)NCC1CCCO1. The standard InChI is InChI=1S/C24H25N3O2/c28-23(25-16-22-12-7-15-29-22)14-13-21-18-27(17-19-8-3-1-4-9-19)26-24(21)20-10-5-2-6-11-20/h1-6,8-11,13-14,18,22H,7,12,15-17H2,(H,25,28)/b14-13+. The molecular formula is C24H25N3O2. The minimum absolute atomic E-state index is 0.115. The molecule has 0 spiro atoms. The molecule has 29 heavy (non-hydrogen) atoms. The van der Waals surface area contributed by atoms with Crippen LogP contribution >= 0.6 is 0 Å². The lowest BCUT2D eigenvalue weighted by Crippen LogP contribution is -2.30. The van der Waals surface area contributed by atoms with Gasteiger partial charge in [0.1, 0.15) is 0 Å². The van der Waals surface area contributed by atoms with Crippen LogP contribution in [0.4, 0.5) is 0 Å². The lowest BCUT2D eigenvalue weighted by atomic mass is 10.1. The Bertz CT molecular complexity index is 958. The zero-order chi connectivity index (χ0) is 19.9. The molecule has 0 saturated carbocycles. The number of rotatable bonds is 7. The molecule has 1 atom stereocenters. The average molecular weight is 387 g/mol. The monoisotopic (exact) mass is 387 g/mol. The summed E-state index contributed by atoms with van der Waals surface area (Å²) in [5, 5.41) is 7.70. The van der Waals surface area contributed by atoms with Crippen molar-refractivity contribution < 1.29 is 9.53 Å². The topological polar surface area (TPSA) is 56.2 Å². The molecule has 2 heterocycles. The van der Waals surface area contributed by atoms with Gasteiger partial charge in [0.15, 0.2) is 0 Å². The van der Waals surface area contributed by atoms with Gasteiger partial charge in [0.05, 0.1) is 18.3 Å². The Labute approximate surface area is 171 Å². The second-order valence-electron chi connectivity index (χ2n) is 7.20. The predicted molar refractivity (Wildman–Crippen MR) is 114 cm³/mol. The molecule has 1 fully saturated rings. The number of carbonyl (C=O) groups excluding carboxylic acids is 1. The Balaban J connectivity index is 1.51. The molecule has 4 rings (SSSR count). The zero-order valence-electron chi connectivity index (χ0n) is 16.3. The first-order valence-electron chi connectivity index (χ1n) is 10.0. The van der Waals surface area contributed by atoms with Crippen LogP contribution in [0.1, 0.15) is 24.0 Å². The molecule has 0 bridgehead atoms. The van der Waals surface area contributed by atoms with Crippen molar-refractivity contribution in [3.8, 4) is 11.3 Å². The summed E-state index contributed by atoms with van der Waals surface area (Å²) in [6.45, 7) is 2.03. The molecule has 0 aliphatic carbocycles. The highest BCUT2D eigenvalue weighted by Crippen LogP contribution is 2.23. The van der Waals surface area contributed by atoms with Gasteiger partial charge >= 0.3 is 0 Å². The van der Waals surface area contributed by atoms with Gasteiger partial charge in [0, 0.05) is 36.6 Å². The molecule has 2 aromatic carbocycles. The van der Waals surface area contributed by atoms with Gasteiger partial charge in [-0.2, -0.15) is 5.10 Å². The fraction of sp³-hybridized carbons (Fsp3) is 0.250. The van der Waals surface area contributed by atoms with Crippen LogP contribution in [0.5, 0.6) is 0 Å². The van der Waals surface area contributed by atoms with E-state index >= 15 is 0 Å². The highest BCUT2D eigenvalue weighted by molar-refractivity contribution is 5.92. The number of nitrogens with zero attached hydrogens (tertiary/aromatic N) is 2. The van der Waals surface area contributed by atoms with E-state index in [9.17, 15) is 4.79 Å². The molecule has 0 radical (unpaired) electrons. The van der Waals surface area contributed by atoms with Crippen molar-refractivity contribution in [1.29, 1.82) is 0 Å². The van der Waals surface area contributed by atoms with E-state index < -0.39 is 0 Å². The van der Waals surface area contributed by atoms with Crippen LogP contribution in [0, 0.1) is 0 Å². The van der Waals surface area contributed by atoms with Gasteiger partial charge in [-0.05, 0) is 24.5 Å². The number of hydrogen-bond acceptors (Lipinski definition) is 3. The van der Waals surface area contributed by atoms with Crippen molar-refractivity contribution in [1.82, 2.24) is 15.1 Å². The van der Waals surface area contributed by atoms with E-state index in [1.165, 1.54) is 5.56 Å². The summed E-state index contributed by atoms with van der Waals surface area (Å²) in [6, 6.07) is 20.3. The maximum atomic E-state index is 12.2. The van der Waals surface area contributed by atoms with E-state index in [1.807, 2.05) is 65.5 Å². The maximum absolute atomic E-state index is 12.2. The third kappa shape index (κ3) is 5.21. The van der Waals surface area contributed by atoms with Crippen LogP contribution in [-0.2, 0) is 16.1 Å². The van der Waals surface area contributed by atoms with Crippen molar-refractivity contribution in [2.75, 3.05) is 13.2 Å². The molecule has 1 N–H and O–H groups in total. The minimum Gasteiger partial charge on any atom is -0.376 e. The molecule has 1 aromatic heterocycles. The molecule has 3 aromatic rings. The van der Waals surface area contributed by atoms with Gasteiger partial charge in [-0.25, -0.2) is 0 Å². The number of hydrogen-bond donors (Lipinski definition) is 1. The smallest absolute Gasteiger partial charge is 0.244 e.